The molecule has 0 atom stereocenters. The van der Waals surface area contributed by atoms with Crippen molar-refractivity contribution in [2.45, 2.75) is 6.61 Å². The molecule has 1 saturated heterocycles. The Bertz CT molecular complexity index is 946. The van der Waals surface area contributed by atoms with Crippen LogP contribution in [0.2, 0.25) is 0 Å². The highest BCUT2D eigenvalue weighted by Gasteiger charge is 2.32. The van der Waals surface area contributed by atoms with Gasteiger partial charge in [-0.3, -0.25) is 9.69 Å². The number of benzene rings is 2. The van der Waals surface area contributed by atoms with Gasteiger partial charge in [0, 0.05) is 6.54 Å². The Hall–Kier alpha value is -3.87. The van der Waals surface area contributed by atoms with Gasteiger partial charge in [0.25, 0.3) is 5.91 Å². The average molecular weight is 378 g/mol. The van der Waals surface area contributed by atoms with Crippen LogP contribution in [0.1, 0.15) is 21.5 Å². The van der Waals surface area contributed by atoms with Crippen LogP contribution in [0, 0.1) is 0 Å². The number of carboxylic acids is 1. The number of hydrogen-bond acceptors (Lipinski definition) is 4. The highest BCUT2D eigenvalue weighted by molar-refractivity contribution is 6.14. The number of ether oxygens (including phenoxy) is 1. The number of rotatable bonds is 7. The number of nitrogens with one attached hydrogen (secondary N) is 1. The van der Waals surface area contributed by atoms with Gasteiger partial charge in [-0.2, -0.15) is 0 Å². The van der Waals surface area contributed by atoms with E-state index in [1.54, 1.807) is 42.5 Å². The molecule has 1 aliphatic heterocycles. The first kappa shape index (κ1) is 18.9. The minimum absolute atomic E-state index is 0.155. The first-order valence-corrected chi connectivity index (χ1v) is 8.48. The summed E-state index contributed by atoms with van der Waals surface area (Å²) in [6, 6.07) is 13.0. The molecule has 0 aromatic heterocycles. The van der Waals surface area contributed by atoms with E-state index in [-0.39, 0.29) is 17.8 Å². The van der Waals surface area contributed by atoms with Crippen LogP contribution < -0.4 is 10.1 Å². The molecule has 0 aliphatic carbocycles. The summed E-state index contributed by atoms with van der Waals surface area (Å²) < 4.78 is 5.68. The molecule has 1 aliphatic rings. The van der Waals surface area contributed by atoms with Crippen molar-refractivity contribution in [3.05, 3.63) is 83.6 Å². The van der Waals surface area contributed by atoms with Gasteiger partial charge < -0.3 is 15.2 Å². The van der Waals surface area contributed by atoms with Crippen LogP contribution in [0.25, 0.3) is 6.08 Å². The van der Waals surface area contributed by atoms with Crippen LogP contribution in [0.3, 0.4) is 0 Å². The summed E-state index contributed by atoms with van der Waals surface area (Å²) in [5.41, 5.74) is 2.01. The van der Waals surface area contributed by atoms with Crippen LogP contribution in [0.5, 0.6) is 5.75 Å². The molecule has 142 valence electrons. The lowest BCUT2D eigenvalue weighted by molar-refractivity contribution is -0.122. The SMILES string of the molecule is C=CCN1C(=O)N/C(=C\c2ccc(OCc3ccc(C(=O)O)cc3)cc2)C1=O. The number of carbonyl (C=O) groups is 3. The Kier molecular flexibility index (Phi) is 5.55. The van der Waals surface area contributed by atoms with Gasteiger partial charge in [0.2, 0.25) is 0 Å². The second-order valence-electron chi connectivity index (χ2n) is 6.05. The van der Waals surface area contributed by atoms with Crippen LogP contribution in [0.4, 0.5) is 4.79 Å². The highest BCUT2D eigenvalue weighted by atomic mass is 16.5. The fourth-order valence-electron chi connectivity index (χ4n) is 2.60. The maximum absolute atomic E-state index is 12.2. The first-order chi connectivity index (χ1) is 13.5. The van der Waals surface area contributed by atoms with E-state index in [1.807, 2.05) is 0 Å². The fourth-order valence-corrected chi connectivity index (χ4v) is 2.60. The van der Waals surface area contributed by atoms with Crippen molar-refractivity contribution < 1.29 is 24.2 Å². The van der Waals surface area contributed by atoms with Crippen molar-refractivity contribution in [2.24, 2.45) is 0 Å². The number of urea groups is 1. The zero-order chi connectivity index (χ0) is 20.1. The summed E-state index contributed by atoms with van der Waals surface area (Å²) in [4.78, 5) is 35.9. The van der Waals surface area contributed by atoms with Crippen LogP contribution >= 0.6 is 0 Å². The Labute approximate surface area is 161 Å². The van der Waals surface area contributed by atoms with Crippen LogP contribution in [0.15, 0.2) is 66.9 Å². The molecule has 2 N–H and O–H groups in total. The van der Waals surface area contributed by atoms with Gasteiger partial charge in [0.15, 0.2) is 0 Å². The molecule has 2 aromatic carbocycles. The molecule has 0 radical (unpaired) electrons. The zero-order valence-corrected chi connectivity index (χ0v) is 14.9. The molecule has 0 unspecified atom stereocenters. The van der Waals surface area contributed by atoms with E-state index in [0.29, 0.717) is 12.4 Å². The van der Waals surface area contributed by atoms with Gasteiger partial charge in [0.05, 0.1) is 5.56 Å². The number of amides is 3. The first-order valence-electron chi connectivity index (χ1n) is 8.48. The van der Waals surface area contributed by atoms with E-state index in [9.17, 15) is 14.4 Å². The molecule has 0 spiro atoms. The monoisotopic (exact) mass is 378 g/mol. The Morgan fingerprint density at radius 2 is 1.79 bits per heavy atom. The summed E-state index contributed by atoms with van der Waals surface area (Å²) in [6.07, 6.45) is 3.08. The fraction of sp³-hybridized carbons (Fsp3) is 0.0952. The molecule has 1 heterocycles. The lowest BCUT2D eigenvalue weighted by atomic mass is 10.1. The summed E-state index contributed by atoms with van der Waals surface area (Å²) in [5.74, 6) is -0.740. The maximum Gasteiger partial charge on any atom is 0.335 e. The van der Waals surface area contributed by atoms with Crippen molar-refractivity contribution in [3.8, 4) is 5.75 Å². The predicted molar refractivity (Wildman–Crippen MR) is 103 cm³/mol. The van der Waals surface area contributed by atoms with Crippen molar-refractivity contribution in [3.63, 3.8) is 0 Å². The molecule has 3 amide bonds. The Morgan fingerprint density at radius 1 is 1.11 bits per heavy atom. The third-order valence-electron chi connectivity index (χ3n) is 4.07. The average Bonchev–Trinajstić information content (AvgIpc) is 2.95. The van der Waals surface area contributed by atoms with Crippen molar-refractivity contribution in [2.75, 3.05) is 6.54 Å². The molecule has 3 rings (SSSR count). The lowest BCUT2D eigenvalue weighted by Crippen LogP contribution is -2.30. The third kappa shape index (κ3) is 4.27. The molecule has 1 fully saturated rings. The van der Waals surface area contributed by atoms with Gasteiger partial charge >= 0.3 is 12.0 Å². The topological polar surface area (TPSA) is 95.9 Å². The van der Waals surface area contributed by atoms with Gasteiger partial charge in [-0.1, -0.05) is 30.3 Å². The summed E-state index contributed by atoms with van der Waals surface area (Å²) >= 11 is 0. The Morgan fingerprint density at radius 3 is 2.39 bits per heavy atom. The number of aromatic carboxylic acids is 1. The van der Waals surface area contributed by atoms with Gasteiger partial charge in [-0.15, -0.1) is 6.58 Å². The zero-order valence-electron chi connectivity index (χ0n) is 14.9. The smallest absolute Gasteiger partial charge is 0.335 e. The van der Waals surface area contributed by atoms with Crippen LogP contribution in [-0.2, 0) is 11.4 Å². The van der Waals surface area contributed by atoms with E-state index in [1.165, 1.54) is 18.2 Å². The van der Waals surface area contributed by atoms with E-state index in [4.69, 9.17) is 9.84 Å². The number of hydrogen-bond donors (Lipinski definition) is 2. The summed E-state index contributed by atoms with van der Waals surface area (Å²) in [6.45, 7) is 3.98. The number of carboxylic acid groups (broad SMARTS) is 1. The minimum atomic E-state index is -0.971. The van der Waals surface area contributed by atoms with Gasteiger partial charge in [-0.25, -0.2) is 9.59 Å². The molecule has 0 bridgehead atoms. The molecule has 0 saturated carbocycles. The molecule has 28 heavy (non-hydrogen) atoms. The Balaban J connectivity index is 1.62. The molecular weight excluding hydrogens is 360 g/mol. The van der Waals surface area contributed by atoms with Crippen molar-refractivity contribution >= 4 is 24.0 Å². The number of nitrogens with zero attached hydrogens (tertiary/aromatic N) is 1. The highest BCUT2D eigenvalue weighted by Crippen LogP contribution is 2.18. The summed E-state index contributed by atoms with van der Waals surface area (Å²) in [5, 5.41) is 11.4. The lowest BCUT2D eigenvalue weighted by Gasteiger charge is -2.07. The van der Waals surface area contributed by atoms with Gasteiger partial charge in [-0.05, 0) is 41.5 Å². The maximum atomic E-state index is 12.2. The second kappa shape index (κ2) is 8.22. The molecule has 7 nitrogen and oxygen atoms in total. The molecule has 2 aromatic rings. The second-order valence-corrected chi connectivity index (χ2v) is 6.05. The number of imide groups is 1. The normalized spacial score (nSPS) is 14.9. The largest absolute Gasteiger partial charge is 0.489 e. The van der Waals surface area contributed by atoms with Gasteiger partial charge in [0.1, 0.15) is 18.1 Å². The van der Waals surface area contributed by atoms with E-state index in [0.717, 1.165) is 16.0 Å². The third-order valence-corrected chi connectivity index (χ3v) is 4.07. The van der Waals surface area contributed by atoms with E-state index in [2.05, 4.69) is 11.9 Å². The summed E-state index contributed by atoms with van der Waals surface area (Å²) in [7, 11) is 0. The van der Waals surface area contributed by atoms with Crippen molar-refractivity contribution in [1.82, 2.24) is 10.2 Å². The van der Waals surface area contributed by atoms with E-state index < -0.39 is 17.9 Å². The molecular formula is C21H18N2O5. The van der Waals surface area contributed by atoms with Crippen LogP contribution in [-0.4, -0.2) is 34.5 Å². The predicted octanol–water partition coefficient (Wildman–Crippen LogP) is 3.04. The minimum Gasteiger partial charge on any atom is -0.489 e. The van der Waals surface area contributed by atoms with Crippen molar-refractivity contribution in [1.29, 1.82) is 0 Å². The standard InChI is InChI=1S/C21H18N2O5/c1-2-11-23-19(24)18(22-21(23)27)12-14-5-9-17(10-6-14)28-13-15-3-7-16(8-4-15)20(25)26/h2-10,12H,1,11,13H2,(H,22,27)(H,25,26)/b18-12-. The number of carbonyl (C=O) groups excluding carboxylic acids is 2. The van der Waals surface area contributed by atoms with E-state index >= 15 is 0 Å². The quantitative estimate of drug-likeness (QED) is 0.439. The molecule has 7 heteroatoms.